The molecule has 1 aromatic carbocycles. The first-order valence-corrected chi connectivity index (χ1v) is 12.4. The SMILES string of the molecule is COCCOCOc1c(CC=C(C)CC(C(=O)O)P(=O)(OC)OC)c(OC)c(C)c2c1C(=O)OC2. The van der Waals surface area contributed by atoms with Gasteiger partial charge in [-0.05, 0) is 32.3 Å². The predicted octanol–water partition coefficient (Wildman–Crippen LogP) is 3.49. The third-order valence-electron chi connectivity index (χ3n) is 5.69. The van der Waals surface area contributed by atoms with Crippen LogP contribution in [0.2, 0.25) is 0 Å². The Kier molecular flexibility index (Phi) is 10.7. The number of carbonyl (C=O) groups excluding carboxylic acids is 1. The molecule has 35 heavy (non-hydrogen) atoms. The Bertz CT molecular complexity index is 994. The van der Waals surface area contributed by atoms with E-state index < -0.39 is 25.2 Å². The molecule has 196 valence electrons. The van der Waals surface area contributed by atoms with Crippen molar-refractivity contribution in [3.8, 4) is 11.5 Å². The van der Waals surface area contributed by atoms with E-state index in [1.54, 1.807) is 20.1 Å². The van der Waals surface area contributed by atoms with Crippen molar-refractivity contribution in [1.82, 2.24) is 0 Å². The fraction of sp³-hybridized carbons (Fsp3) is 0.565. The number of benzene rings is 1. The van der Waals surface area contributed by atoms with Crippen LogP contribution in [0, 0.1) is 6.92 Å². The summed E-state index contributed by atoms with van der Waals surface area (Å²) >= 11 is 0. The van der Waals surface area contributed by atoms with Crippen molar-refractivity contribution in [2.75, 3.05) is 48.4 Å². The first kappa shape index (κ1) is 28.8. The van der Waals surface area contributed by atoms with Crippen LogP contribution < -0.4 is 9.47 Å². The maximum Gasteiger partial charge on any atom is 0.344 e. The average Bonchev–Trinajstić information content (AvgIpc) is 3.23. The molecule has 1 aliphatic heterocycles. The summed E-state index contributed by atoms with van der Waals surface area (Å²) in [5.41, 5.74) is 1.55. The van der Waals surface area contributed by atoms with E-state index in [4.69, 9.17) is 32.7 Å². The second-order valence-electron chi connectivity index (χ2n) is 7.78. The molecule has 1 N–H and O–H groups in total. The summed E-state index contributed by atoms with van der Waals surface area (Å²) in [5, 5.41) is 9.59. The van der Waals surface area contributed by atoms with Gasteiger partial charge in [0.2, 0.25) is 0 Å². The highest BCUT2D eigenvalue weighted by Gasteiger charge is 2.40. The quantitative estimate of drug-likeness (QED) is 0.121. The van der Waals surface area contributed by atoms with Crippen LogP contribution in [0.1, 0.15) is 40.4 Å². The Hall–Kier alpha value is -2.43. The third kappa shape index (κ3) is 6.62. The number of fused-ring (bicyclic) bond motifs is 1. The Morgan fingerprint density at radius 1 is 1.17 bits per heavy atom. The highest BCUT2D eigenvalue weighted by Crippen LogP contribution is 2.53. The number of methoxy groups -OCH3 is 2. The summed E-state index contributed by atoms with van der Waals surface area (Å²) in [6, 6.07) is 0. The van der Waals surface area contributed by atoms with Gasteiger partial charge in [-0.25, -0.2) is 4.79 Å². The number of hydrogen-bond donors (Lipinski definition) is 1. The molecule has 0 spiro atoms. The van der Waals surface area contributed by atoms with Gasteiger partial charge in [0.15, 0.2) is 12.5 Å². The molecule has 1 heterocycles. The zero-order valence-corrected chi connectivity index (χ0v) is 21.8. The van der Waals surface area contributed by atoms with E-state index in [0.29, 0.717) is 41.2 Å². The molecular weight excluding hydrogens is 483 g/mol. The van der Waals surface area contributed by atoms with Crippen LogP contribution >= 0.6 is 7.60 Å². The summed E-state index contributed by atoms with van der Waals surface area (Å²) in [6.07, 6.45) is 1.92. The van der Waals surface area contributed by atoms with E-state index in [1.807, 2.05) is 6.92 Å². The van der Waals surface area contributed by atoms with E-state index >= 15 is 0 Å². The van der Waals surface area contributed by atoms with Crippen molar-refractivity contribution in [2.24, 2.45) is 0 Å². The fourth-order valence-corrected chi connectivity index (χ4v) is 5.24. The molecule has 0 radical (unpaired) electrons. The van der Waals surface area contributed by atoms with Crippen LogP contribution in [0.15, 0.2) is 11.6 Å². The number of ether oxygens (including phenoxy) is 5. The van der Waals surface area contributed by atoms with Gasteiger partial charge in [0.25, 0.3) is 0 Å². The van der Waals surface area contributed by atoms with Crippen LogP contribution in [0.4, 0.5) is 0 Å². The zero-order valence-electron chi connectivity index (χ0n) is 20.9. The highest BCUT2D eigenvalue weighted by molar-refractivity contribution is 7.55. The number of aliphatic carboxylic acids is 1. The minimum Gasteiger partial charge on any atom is -0.496 e. The van der Waals surface area contributed by atoms with E-state index in [9.17, 15) is 19.3 Å². The summed E-state index contributed by atoms with van der Waals surface area (Å²) in [7, 11) is 1.51. The van der Waals surface area contributed by atoms with Gasteiger partial charge >= 0.3 is 19.5 Å². The molecule has 0 bridgehead atoms. The molecule has 11 nitrogen and oxygen atoms in total. The van der Waals surface area contributed by atoms with Gasteiger partial charge in [0.05, 0.1) is 20.3 Å². The first-order valence-electron chi connectivity index (χ1n) is 10.8. The molecule has 0 amide bonds. The molecule has 1 aromatic rings. The molecule has 0 aliphatic carbocycles. The number of carboxylic acid groups (broad SMARTS) is 1. The van der Waals surface area contributed by atoms with Crippen LogP contribution in [-0.4, -0.2) is 71.2 Å². The maximum absolute atomic E-state index is 12.7. The second kappa shape index (κ2) is 13.0. The maximum atomic E-state index is 12.7. The van der Waals surface area contributed by atoms with Gasteiger partial charge in [-0.2, -0.15) is 0 Å². The van der Waals surface area contributed by atoms with E-state index in [1.165, 1.54) is 7.11 Å². The molecule has 1 aliphatic rings. The lowest BCUT2D eigenvalue weighted by Gasteiger charge is -2.21. The average molecular weight is 516 g/mol. The fourth-order valence-electron chi connectivity index (χ4n) is 3.80. The number of carbonyl (C=O) groups is 2. The van der Waals surface area contributed by atoms with E-state index in [-0.39, 0.29) is 32.0 Å². The van der Waals surface area contributed by atoms with Crippen LogP contribution in [0.3, 0.4) is 0 Å². The van der Waals surface area contributed by atoms with Gasteiger partial charge in [0.1, 0.15) is 23.7 Å². The Morgan fingerprint density at radius 2 is 1.86 bits per heavy atom. The van der Waals surface area contributed by atoms with Gasteiger partial charge in [0, 0.05) is 32.5 Å². The zero-order chi connectivity index (χ0) is 26.2. The highest BCUT2D eigenvalue weighted by atomic mass is 31.2. The molecule has 0 saturated carbocycles. The largest absolute Gasteiger partial charge is 0.496 e. The Labute approximate surface area is 204 Å². The number of rotatable bonds is 15. The Balaban J connectivity index is 2.42. The van der Waals surface area contributed by atoms with E-state index in [0.717, 1.165) is 19.8 Å². The molecule has 12 heteroatoms. The minimum atomic E-state index is -3.85. The van der Waals surface area contributed by atoms with Crippen molar-refractivity contribution < 1.29 is 52.0 Å². The summed E-state index contributed by atoms with van der Waals surface area (Å²) in [6.45, 7) is 4.20. The van der Waals surface area contributed by atoms with E-state index in [2.05, 4.69) is 0 Å². The van der Waals surface area contributed by atoms with Crippen molar-refractivity contribution >= 4 is 19.5 Å². The number of carboxylic acids is 1. The van der Waals surface area contributed by atoms with Gasteiger partial charge in [-0.15, -0.1) is 0 Å². The summed E-state index contributed by atoms with van der Waals surface area (Å²) < 4.78 is 49.6. The first-order chi connectivity index (χ1) is 16.6. The molecular formula is C23H33O11P. The summed E-state index contributed by atoms with van der Waals surface area (Å²) in [5.74, 6) is -1.00. The lowest BCUT2D eigenvalue weighted by atomic mass is 9.94. The topological polar surface area (TPSA) is 136 Å². The molecule has 1 unspecified atom stereocenters. The predicted molar refractivity (Wildman–Crippen MR) is 125 cm³/mol. The van der Waals surface area contributed by atoms with Crippen LogP contribution in [0.5, 0.6) is 11.5 Å². The lowest BCUT2D eigenvalue weighted by molar-refractivity contribution is -0.137. The number of esters is 1. The smallest absolute Gasteiger partial charge is 0.344 e. The van der Waals surface area contributed by atoms with Crippen LogP contribution in [0.25, 0.3) is 0 Å². The third-order valence-corrected chi connectivity index (χ3v) is 7.88. The standard InChI is InChI=1S/C23H33O11P/c1-14(11-18(22(24)25)35(27,30-5)31-6)7-8-16-20(29-4)15(2)17-12-33-23(26)19(17)21(16)34-13-32-10-9-28-3/h7,18H,8-13H2,1-6H3,(H,24,25). The lowest BCUT2D eigenvalue weighted by Crippen LogP contribution is -2.22. The molecule has 0 aromatic heterocycles. The normalized spacial score (nSPS) is 14.5. The molecule has 0 saturated heterocycles. The van der Waals surface area contributed by atoms with Crippen molar-refractivity contribution in [3.05, 3.63) is 33.9 Å². The van der Waals surface area contributed by atoms with Crippen LogP contribution in [-0.2, 0) is 45.6 Å². The second-order valence-corrected chi connectivity index (χ2v) is 10.2. The van der Waals surface area contributed by atoms with Crippen molar-refractivity contribution in [1.29, 1.82) is 0 Å². The molecule has 1 atom stereocenters. The van der Waals surface area contributed by atoms with Gasteiger partial charge < -0.3 is 37.8 Å². The van der Waals surface area contributed by atoms with Crippen molar-refractivity contribution in [3.63, 3.8) is 0 Å². The monoisotopic (exact) mass is 516 g/mol. The summed E-state index contributed by atoms with van der Waals surface area (Å²) in [4.78, 5) is 24.3. The Morgan fingerprint density at radius 3 is 2.43 bits per heavy atom. The number of cyclic esters (lactones) is 1. The van der Waals surface area contributed by atoms with Gasteiger partial charge in [-0.1, -0.05) is 11.6 Å². The molecule has 2 rings (SSSR count). The minimum absolute atomic E-state index is 0.0705. The molecule has 0 fully saturated rings. The van der Waals surface area contributed by atoms with Crippen molar-refractivity contribution in [2.45, 2.75) is 39.0 Å². The number of hydrogen-bond acceptors (Lipinski definition) is 10. The van der Waals surface area contributed by atoms with Gasteiger partial charge in [-0.3, -0.25) is 9.36 Å². The number of allylic oxidation sites excluding steroid dienone is 2.